The van der Waals surface area contributed by atoms with E-state index in [1.54, 1.807) is 6.20 Å². The van der Waals surface area contributed by atoms with Gasteiger partial charge in [0, 0.05) is 36.9 Å². The number of nitrogens with zero attached hydrogens (tertiary/aromatic N) is 4. The molecule has 1 aliphatic rings. The van der Waals surface area contributed by atoms with Crippen LogP contribution in [0.4, 0.5) is 5.82 Å². The Morgan fingerprint density at radius 2 is 2.00 bits per heavy atom. The van der Waals surface area contributed by atoms with Crippen LogP contribution in [0.25, 0.3) is 5.52 Å². The summed E-state index contributed by atoms with van der Waals surface area (Å²) in [7, 11) is 0. The van der Waals surface area contributed by atoms with E-state index in [1.807, 2.05) is 38.4 Å². The van der Waals surface area contributed by atoms with Crippen LogP contribution >= 0.6 is 0 Å². The largest absolute Gasteiger partial charge is 0.355 e. The summed E-state index contributed by atoms with van der Waals surface area (Å²) in [5, 5.41) is 7.61. The van der Waals surface area contributed by atoms with Gasteiger partial charge in [-0.05, 0) is 25.8 Å². The third-order valence-corrected chi connectivity index (χ3v) is 4.30. The van der Waals surface area contributed by atoms with Gasteiger partial charge in [-0.1, -0.05) is 20.8 Å². The van der Waals surface area contributed by atoms with Crippen LogP contribution in [0.5, 0.6) is 0 Å². The first kappa shape index (κ1) is 15.8. The minimum absolute atomic E-state index is 0.127. The average Bonchev–Trinajstić information content (AvgIpc) is 2.87. The molecule has 0 atom stereocenters. The molecule has 0 aromatic carbocycles. The van der Waals surface area contributed by atoms with Crippen molar-refractivity contribution in [3.05, 3.63) is 24.2 Å². The van der Waals surface area contributed by atoms with Gasteiger partial charge in [0.1, 0.15) is 5.52 Å². The van der Waals surface area contributed by atoms with Crippen LogP contribution in [0.2, 0.25) is 0 Å². The maximum Gasteiger partial charge on any atom is 0.225 e. The maximum absolute atomic E-state index is 12.1. The van der Waals surface area contributed by atoms with Crippen molar-refractivity contribution in [3.63, 3.8) is 0 Å². The number of hydrogen-bond acceptors (Lipinski definition) is 4. The van der Waals surface area contributed by atoms with Gasteiger partial charge in [0.25, 0.3) is 0 Å². The number of hydrogen-bond donors (Lipinski definition) is 1. The summed E-state index contributed by atoms with van der Waals surface area (Å²) in [6.45, 7) is 9.63. The van der Waals surface area contributed by atoms with E-state index in [1.165, 1.54) is 0 Å². The summed E-state index contributed by atoms with van der Waals surface area (Å²) in [6, 6.07) is 2.32. The number of rotatable bonds is 2. The Kier molecular flexibility index (Phi) is 4.00. The Hall–Kier alpha value is -2.11. The number of nitrogens with one attached hydrogen (secondary N) is 1. The van der Waals surface area contributed by atoms with Crippen molar-refractivity contribution < 1.29 is 4.79 Å². The maximum atomic E-state index is 12.1. The summed E-state index contributed by atoms with van der Waals surface area (Å²) in [6.07, 6.45) is 5.56. The number of carbonyl (C=O) groups excluding carboxylic acids is 1. The van der Waals surface area contributed by atoms with Gasteiger partial charge >= 0.3 is 0 Å². The minimum atomic E-state index is -0.334. The first-order valence-corrected chi connectivity index (χ1v) is 8.21. The van der Waals surface area contributed by atoms with E-state index < -0.39 is 0 Å². The Bertz CT molecular complexity index is 707. The third kappa shape index (κ3) is 3.30. The smallest absolute Gasteiger partial charge is 0.225 e. The molecule has 0 saturated carbocycles. The molecule has 0 radical (unpaired) electrons. The zero-order chi connectivity index (χ0) is 16.6. The number of aryl methyl sites for hydroxylation is 1. The Labute approximate surface area is 136 Å². The molecule has 2 aromatic heterocycles. The van der Waals surface area contributed by atoms with Gasteiger partial charge in [0.05, 0.1) is 5.69 Å². The first-order chi connectivity index (χ1) is 10.8. The predicted molar refractivity (Wildman–Crippen MR) is 90.6 cm³/mol. The molecule has 6 nitrogen and oxygen atoms in total. The van der Waals surface area contributed by atoms with E-state index in [2.05, 4.69) is 26.4 Å². The monoisotopic (exact) mass is 315 g/mol. The normalized spacial score (nSPS) is 16.8. The SMILES string of the molecule is Cc1cc2c(N3CCC(NC(=O)C(C)(C)C)CC3)nccn2n1. The number of anilines is 1. The second-order valence-electron chi connectivity index (χ2n) is 7.35. The van der Waals surface area contributed by atoms with E-state index >= 15 is 0 Å². The number of amides is 1. The number of piperidine rings is 1. The van der Waals surface area contributed by atoms with Gasteiger partial charge in [-0.2, -0.15) is 5.10 Å². The zero-order valence-corrected chi connectivity index (χ0v) is 14.3. The van der Waals surface area contributed by atoms with Crippen molar-refractivity contribution in [2.75, 3.05) is 18.0 Å². The van der Waals surface area contributed by atoms with E-state index in [9.17, 15) is 4.79 Å². The highest BCUT2D eigenvalue weighted by atomic mass is 16.2. The molecule has 1 saturated heterocycles. The van der Waals surface area contributed by atoms with Crippen molar-refractivity contribution in [2.24, 2.45) is 5.41 Å². The quantitative estimate of drug-likeness (QED) is 0.922. The Morgan fingerprint density at radius 3 is 2.65 bits per heavy atom. The van der Waals surface area contributed by atoms with Gasteiger partial charge in [0.2, 0.25) is 5.91 Å². The summed E-state index contributed by atoms with van der Waals surface area (Å²) in [4.78, 5) is 18.9. The molecule has 6 heteroatoms. The molecule has 1 N–H and O–H groups in total. The second kappa shape index (κ2) is 5.83. The fourth-order valence-corrected chi connectivity index (χ4v) is 2.91. The second-order valence-corrected chi connectivity index (χ2v) is 7.35. The lowest BCUT2D eigenvalue weighted by molar-refractivity contribution is -0.129. The molecule has 1 fully saturated rings. The Morgan fingerprint density at radius 1 is 1.30 bits per heavy atom. The van der Waals surface area contributed by atoms with E-state index in [0.717, 1.165) is 43.0 Å². The van der Waals surface area contributed by atoms with Crippen molar-refractivity contribution in [1.82, 2.24) is 19.9 Å². The lowest BCUT2D eigenvalue weighted by Crippen LogP contribution is -2.48. The van der Waals surface area contributed by atoms with Crippen molar-refractivity contribution in [2.45, 2.75) is 46.6 Å². The van der Waals surface area contributed by atoms with Crippen LogP contribution in [0.15, 0.2) is 18.5 Å². The molecule has 0 unspecified atom stereocenters. The summed E-state index contributed by atoms with van der Waals surface area (Å²) >= 11 is 0. The van der Waals surface area contributed by atoms with Crippen LogP contribution in [0.1, 0.15) is 39.3 Å². The van der Waals surface area contributed by atoms with E-state index in [4.69, 9.17) is 0 Å². The lowest BCUT2D eigenvalue weighted by Gasteiger charge is -2.34. The van der Waals surface area contributed by atoms with Gasteiger partial charge in [-0.25, -0.2) is 9.50 Å². The highest BCUT2D eigenvalue weighted by Crippen LogP contribution is 2.24. The molecule has 0 spiro atoms. The zero-order valence-electron chi connectivity index (χ0n) is 14.3. The van der Waals surface area contributed by atoms with Crippen LogP contribution in [-0.2, 0) is 4.79 Å². The summed E-state index contributed by atoms with van der Waals surface area (Å²) in [5.74, 6) is 1.11. The van der Waals surface area contributed by atoms with E-state index in [-0.39, 0.29) is 17.4 Å². The fourth-order valence-electron chi connectivity index (χ4n) is 2.91. The highest BCUT2D eigenvalue weighted by Gasteiger charge is 2.27. The molecule has 1 amide bonds. The summed E-state index contributed by atoms with van der Waals surface area (Å²) < 4.78 is 1.88. The number of carbonyl (C=O) groups is 1. The van der Waals surface area contributed by atoms with Crippen LogP contribution in [0, 0.1) is 12.3 Å². The van der Waals surface area contributed by atoms with Gasteiger partial charge in [0.15, 0.2) is 5.82 Å². The Balaban J connectivity index is 1.68. The van der Waals surface area contributed by atoms with Gasteiger partial charge in [-0.15, -0.1) is 0 Å². The summed E-state index contributed by atoms with van der Waals surface area (Å²) in [5.41, 5.74) is 1.70. The fraction of sp³-hybridized carbons (Fsp3) is 0.588. The van der Waals surface area contributed by atoms with Crippen molar-refractivity contribution in [3.8, 4) is 0 Å². The predicted octanol–water partition coefficient (Wildman–Crippen LogP) is 2.17. The third-order valence-electron chi connectivity index (χ3n) is 4.30. The van der Waals surface area contributed by atoms with Crippen LogP contribution < -0.4 is 10.2 Å². The van der Waals surface area contributed by atoms with Gasteiger partial charge in [-0.3, -0.25) is 4.79 Å². The van der Waals surface area contributed by atoms with Crippen molar-refractivity contribution >= 4 is 17.2 Å². The number of fused-ring (bicyclic) bond motifs is 1. The highest BCUT2D eigenvalue weighted by molar-refractivity contribution is 5.81. The molecular formula is C17H25N5O. The molecular weight excluding hydrogens is 290 g/mol. The van der Waals surface area contributed by atoms with Crippen LogP contribution in [-0.4, -0.2) is 39.6 Å². The molecule has 0 bridgehead atoms. The number of aromatic nitrogens is 3. The first-order valence-electron chi connectivity index (χ1n) is 8.21. The standard InChI is InChI=1S/C17H25N5O/c1-12-11-14-15(18-7-10-22(14)20-12)21-8-5-13(6-9-21)19-16(23)17(2,3)4/h7,10-11,13H,5-6,8-9H2,1-4H3,(H,19,23). The molecule has 23 heavy (non-hydrogen) atoms. The average molecular weight is 315 g/mol. The molecule has 124 valence electrons. The topological polar surface area (TPSA) is 62.5 Å². The molecule has 3 heterocycles. The van der Waals surface area contributed by atoms with Crippen molar-refractivity contribution in [1.29, 1.82) is 0 Å². The van der Waals surface area contributed by atoms with Gasteiger partial charge < -0.3 is 10.2 Å². The molecule has 0 aliphatic carbocycles. The minimum Gasteiger partial charge on any atom is -0.355 e. The van der Waals surface area contributed by atoms with E-state index in [0.29, 0.717) is 0 Å². The van der Waals surface area contributed by atoms with Crippen LogP contribution in [0.3, 0.4) is 0 Å². The molecule has 2 aromatic rings. The molecule has 1 aliphatic heterocycles. The molecule has 3 rings (SSSR count). The lowest BCUT2D eigenvalue weighted by atomic mass is 9.94.